The van der Waals surface area contributed by atoms with Gasteiger partial charge in [-0.3, -0.25) is 9.89 Å². The Morgan fingerprint density at radius 3 is 2.94 bits per heavy atom. The summed E-state index contributed by atoms with van der Waals surface area (Å²) in [5, 5.41) is 9.43. The molecule has 7 heteroatoms. The summed E-state index contributed by atoms with van der Waals surface area (Å²) in [7, 11) is 0. The van der Waals surface area contributed by atoms with E-state index in [1.54, 1.807) is 12.1 Å². The second kappa shape index (κ2) is 5.05. The van der Waals surface area contributed by atoms with Gasteiger partial charge in [0.2, 0.25) is 11.8 Å². The van der Waals surface area contributed by atoms with Crippen molar-refractivity contribution in [1.82, 2.24) is 20.5 Å². The third-order valence-electron chi connectivity index (χ3n) is 2.41. The number of nitrogens with one attached hydrogen (secondary N) is 2. The fourth-order valence-corrected chi connectivity index (χ4v) is 1.70. The third kappa shape index (κ3) is 2.78. The van der Waals surface area contributed by atoms with E-state index in [0.29, 0.717) is 5.02 Å². The van der Waals surface area contributed by atoms with Gasteiger partial charge in [0, 0.05) is 5.02 Å². The van der Waals surface area contributed by atoms with E-state index < -0.39 is 0 Å². The van der Waals surface area contributed by atoms with Gasteiger partial charge in [0.25, 0.3) is 5.91 Å². The average Bonchev–Trinajstić information content (AvgIpc) is 2.76. The van der Waals surface area contributed by atoms with Gasteiger partial charge in [-0.25, -0.2) is 0 Å². The summed E-state index contributed by atoms with van der Waals surface area (Å²) in [5.74, 6) is -0.247. The number of hydrogen-bond donors (Lipinski definition) is 3. The van der Waals surface area contributed by atoms with Crippen molar-refractivity contribution in [3.63, 3.8) is 0 Å². The topological polar surface area (TPSA) is 96.7 Å². The maximum atomic E-state index is 11.8. The Morgan fingerprint density at radius 2 is 2.33 bits per heavy atom. The summed E-state index contributed by atoms with van der Waals surface area (Å²) in [4.78, 5) is 15.5. The van der Waals surface area contributed by atoms with Crippen LogP contribution in [0.5, 0.6) is 0 Å². The molecule has 0 aliphatic rings. The van der Waals surface area contributed by atoms with Gasteiger partial charge in [0.05, 0.1) is 6.04 Å². The Kier molecular flexibility index (Phi) is 3.47. The average molecular weight is 266 g/mol. The van der Waals surface area contributed by atoms with Crippen LogP contribution in [0.1, 0.15) is 29.1 Å². The van der Waals surface area contributed by atoms with E-state index in [1.807, 2.05) is 19.1 Å². The number of amides is 1. The molecule has 0 spiro atoms. The number of rotatable bonds is 3. The van der Waals surface area contributed by atoms with Gasteiger partial charge in [-0.1, -0.05) is 23.7 Å². The molecular weight excluding hydrogens is 254 g/mol. The molecule has 1 aromatic heterocycles. The zero-order valence-corrected chi connectivity index (χ0v) is 10.4. The van der Waals surface area contributed by atoms with Gasteiger partial charge < -0.3 is 11.1 Å². The van der Waals surface area contributed by atoms with Crippen molar-refractivity contribution in [1.29, 1.82) is 0 Å². The summed E-state index contributed by atoms with van der Waals surface area (Å²) >= 11 is 5.89. The number of nitrogens with two attached hydrogens (primary N) is 1. The first-order valence-electron chi connectivity index (χ1n) is 5.30. The van der Waals surface area contributed by atoms with Crippen molar-refractivity contribution in [2.24, 2.45) is 0 Å². The first-order valence-corrected chi connectivity index (χ1v) is 5.68. The van der Waals surface area contributed by atoms with Crippen molar-refractivity contribution in [2.45, 2.75) is 13.0 Å². The van der Waals surface area contributed by atoms with Crippen LogP contribution < -0.4 is 11.1 Å². The number of carbonyl (C=O) groups is 1. The van der Waals surface area contributed by atoms with Crippen molar-refractivity contribution in [2.75, 3.05) is 5.73 Å². The van der Waals surface area contributed by atoms with Gasteiger partial charge >= 0.3 is 0 Å². The Morgan fingerprint density at radius 1 is 1.56 bits per heavy atom. The predicted octanol–water partition coefficient (Wildman–Crippen LogP) is 1.53. The molecule has 0 saturated heterocycles. The summed E-state index contributed by atoms with van der Waals surface area (Å²) in [6.45, 7) is 1.85. The van der Waals surface area contributed by atoms with E-state index in [4.69, 9.17) is 17.3 Å². The fraction of sp³-hybridized carbons (Fsp3) is 0.182. The molecule has 4 N–H and O–H groups in total. The molecule has 1 atom stereocenters. The second-order valence-corrected chi connectivity index (χ2v) is 4.23. The minimum Gasteiger partial charge on any atom is -0.366 e. The molecule has 0 radical (unpaired) electrons. The van der Waals surface area contributed by atoms with Crippen molar-refractivity contribution in [3.05, 3.63) is 40.7 Å². The van der Waals surface area contributed by atoms with Crippen LogP contribution in [0.15, 0.2) is 24.3 Å². The molecule has 0 fully saturated rings. The van der Waals surface area contributed by atoms with Crippen LogP contribution in [-0.4, -0.2) is 21.1 Å². The molecule has 0 aliphatic carbocycles. The summed E-state index contributed by atoms with van der Waals surface area (Å²) in [6.07, 6.45) is 0. The number of benzene rings is 1. The highest BCUT2D eigenvalue weighted by Crippen LogP contribution is 2.17. The third-order valence-corrected chi connectivity index (χ3v) is 2.65. The highest BCUT2D eigenvalue weighted by atomic mass is 35.5. The molecule has 0 saturated carbocycles. The lowest BCUT2D eigenvalue weighted by atomic mass is 10.1. The van der Waals surface area contributed by atoms with E-state index in [-0.39, 0.29) is 23.7 Å². The molecule has 0 aliphatic heterocycles. The van der Waals surface area contributed by atoms with Crippen LogP contribution in [0.4, 0.5) is 5.95 Å². The normalized spacial score (nSPS) is 12.1. The minimum atomic E-state index is -0.369. The van der Waals surface area contributed by atoms with Crippen LogP contribution in [0, 0.1) is 0 Å². The van der Waals surface area contributed by atoms with Crippen LogP contribution in [0.2, 0.25) is 5.02 Å². The van der Waals surface area contributed by atoms with Gasteiger partial charge in [-0.15, -0.1) is 5.10 Å². The first kappa shape index (κ1) is 12.4. The number of H-pyrrole nitrogens is 1. The molecule has 2 aromatic rings. The molecule has 18 heavy (non-hydrogen) atoms. The monoisotopic (exact) mass is 265 g/mol. The standard InChI is InChI=1S/C11H12ClN5O/c1-6(7-3-2-4-8(12)5-7)14-10(18)9-15-11(13)17-16-9/h2-6H,1H3,(H,14,18)(H3,13,15,16,17)/t6-/m1/s1. The minimum absolute atomic E-state index is 0.0376. The van der Waals surface area contributed by atoms with E-state index in [2.05, 4.69) is 20.5 Å². The van der Waals surface area contributed by atoms with Gasteiger partial charge in [-0.2, -0.15) is 4.98 Å². The van der Waals surface area contributed by atoms with E-state index in [1.165, 1.54) is 0 Å². The Bertz CT molecular complexity index is 568. The zero-order valence-electron chi connectivity index (χ0n) is 9.64. The zero-order chi connectivity index (χ0) is 13.1. The lowest BCUT2D eigenvalue weighted by Crippen LogP contribution is -2.27. The molecule has 2 rings (SSSR count). The van der Waals surface area contributed by atoms with Crippen LogP contribution in [-0.2, 0) is 0 Å². The number of carbonyl (C=O) groups excluding carboxylic acids is 1. The van der Waals surface area contributed by atoms with E-state index in [9.17, 15) is 4.79 Å². The Balaban J connectivity index is 2.07. The maximum absolute atomic E-state index is 11.8. The molecular formula is C11H12ClN5O. The number of nitrogens with zero attached hydrogens (tertiary/aromatic N) is 2. The molecule has 1 aromatic carbocycles. The fourth-order valence-electron chi connectivity index (χ4n) is 1.50. The van der Waals surface area contributed by atoms with Gasteiger partial charge in [0.1, 0.15) is 0 Å². The highest BCUT2D eigenvalue weighted by molar-refractivity contribution is 6.30. The summed E-state index contributed by atoms with van der Waals surface area (Å²) in [6, 6.07) is 7.08. The molecule has 6 nitrogen and oxygen atoms in total. The lowest BCUT2D eigenvalue weighted by Gasteiger charge is -2.13. The smallest absolute Gasteiger partial charge is 0.289 e. The summed E-state index contributed by atoms with van der Waals surface area (Å²) in [5.41, 5.74) is 6.23. The van der Waals surface area contributed by atoms with Gasteiger partial charge in [0.15, 0.2) is 0 Å². The van der Waals surface area contributed by atoms with Crippen LogP contribution >= 0.6 is 11.6 Å². The van der Waals surface area contributed by atoms with Crippen molar-refractivity contribution in [3.8, 4) is 0 Å². The predicted molar refractivity (Wildman–Crippen MR) is 68.1 cm³/mol. The van der Waals surface area contributed by atoms with Gasteiger partial charge in [-0.05, 0) is 24.6 Å². The number of anilines is 1. The lowest BCUT2D eigenvalue weighted by molar-refractivity contribution is 0.0930. The Hall–Kier alpha value is -2.08. The molecule has 1 heterocycles. The number of aromatic amines is 1. The van der Waals surface area contributed by atoms with E-state index >= 15 is 0 Å². The largest absolute Gasteiger partial charge is 0.366 e. The number of nitrogen functional groups attached to an aromatic ring is 1. The summed E-state index contributed by atoms with van der Waals surface area (Å²) < 4.78 is 0. The van der Waals surface area contributed by atoms with E-state index in [0.717, 1.165) is 5.56 Å². The van der Waals surface area contributed by atoms with Crippen LogP contribution in [0.3, 0.4) is 0 Å². The second-order valence-electron chi connectivity index (χ2n) is 3.79. The molecule has 0 bridgehead atoms. The quantitative estimate of drug-likeness (QED) is 0.784. The first-order chi connectivity index (χ1) is 8.56. The SMILES string of the molecule is C[C@@H](NC(=O)c1nc(N)n[nH]1)c1cccc(Cl)c1. The number of aromatic nitrogens is 3. The number of hydrogen-bond acceptors (Lipinski definition) is 4. The van der Waals surface area contributed by atoms with Crippen molar-refractivity contribution >= 4 is 23.5 Å². The maximum Gasteiger partial charge on any atom is 0.289 e. The number of halogens is 1. The molecule has 94 valence electrons. The Labute approximate surface area is 109 Å². The van der Waals surface area contributed by atoms with Crippen LogP contribution in [0.25, 0.3) is 0 Å². The van der Waals surface area contributed by atoms with Crippen molar-refractivity contribution < 1.29 is 4.79 Å². The molecule has 1 amide bonds. The highest BCUT2D eigenvalue weighted by Gasteiger charge is 2.14. The molecule has 0 unspecified atom stereocenters.